The molecule has 0 unspecified atom stereocenters. The van der Waals surface area contributed by atoms with Gasteiger partial charge in [-0.15, -0.1) is 0 Å². The van der Waals surface area contributed by atoms with Crippen LogP contribution in [0.2, 0.25) is 0 Å². The molecule has 0 amide bonds. The summed E-state index contributed by atoms with van der Waals surface area (Å²) in [5.41, 5.74) is 10.3. The standard InChI is InChI=1S/C44H30O2/c1-43(2)39-27-17-19-31(45)23-13-11-21-7-5-9-25(33(21)35(23)27)37(39)29-15-16-30-38-26-10-6-8-22-12-14-24-32(46)20-18-28(36(24)34(22)26)40(38)44(3,4)42(30)41(29)43/h5-20,45-46H,1-4H3. The van der Waals surface area contributed by atoms with Crippen LogP contribution in [-0.2, 0) is 10.8 Å². The van der Waals surface area contributed by atoms with Crippen molar-refractivity contribution in [2.45, 2.75) is 38.5 Å². The van der Waals surface area contributed by atoms with E-state index in [-0.39, 0.29) is 10.8 Å². The fourth-order valence-electron chi connectivity index (χ4n) is 10.2. The fraction of sp³-hybridized carbons (Fsp3) is 0.136. The highest BCUT2D eigenvalue weighted by molar-refractivity contribution is 6.31. The van der Waals surface area contributed by atoms with Crippen LogP contribution < -0.4 is 0 Å². The topological polar surface area (TPSA) is 40.5 Å². The molecule has 218 valence electrons. The highest BCUT2D eigenvalue weighted by atomic mass is 16.3. The van der Waals surface area contributed by atoms with E-state index in [2.05, 4.69) is 113 Å². The molecule has 0 spiro atoms. The Bertz CT molecular complexity index is 2670. The zero-order chi connectivity index (χ0) is 31.0. The average Bonchev–Trinajstić information content (AvgIpc) is 3.44. The Hall–Kier alpha value is -5.34. The molecular formula is C44H30O2. The molecule has 0 saturated carbocycles. The van der Waals surface area contributed by atoms with Crippen molar-refractivity contribution in [1.29, 1.82) is 0 Å². The van der Waals surface area contributed by atoms with Crippen LogP contribution in [0.15, 0.2) is 97.1 Å². The van der Waals surface area contributed by atoms with Gasteiger partial charge in [0, 0.05) is 32.4 Å². The van der Waals surface area contributed by atoms with Crippen LogP contribution in [0, 0.1) is 0 Å². The van der Waals surface area contributed by atoms with Gasteiger partial charge in [-0.25, -0.2) is 0 Å². The minimum Gasteiger partial charge on any atom is -0.507 e. The Balaban J connectivity index is 1.34. The Morgan fingerprint density at radius 3 is 1.22 bits per heavy atom. The average molecular weight is 591 g/mol. The molecule has 46 heavy (non-hydrogen) atoms. The van der Waals surface area contributed by atoms with Crippen molar-refractivity contribution in [3.05, 3.63) is 119 Å². The van der Waals surface area contributed by atoms with Crippen molar-refractivity contribution in [2.24, 2.45) is 0 Å². The molecule has 2 N–H and O–H groups in total. The summed E-state index contributed by atoms with van der Waals surface area (Å²) in [5.74, 6) is 0.668. The van der Waals surface area contributed by atoms with Gasteiger partial charge in [-0.2, -0.15) is 0 Å². The van der Waals surface area contributed by atoms with E-state index in [0.717, 1.165) is 21.5 Å². The number of phenolic OH excluding ortho intramolecular Hbond substituents is 2. The molecule has 9 aromatic carbocycles. The number of benzene rings is 9. The van der Waals surface area contributed by atoms with E-state index < -0.39 is 0 Å². The maximum atomic E-state index is 11.0. The Labute approximate surface area is 265 Å². The molecule has 0 aromatic heterocycles. The van der Waals surface area contributed by atoms with Crippen LogP contribution in [0.25, 0.3) is 86.9 Å². The molecule has 0 bridgehead atoms. The van der Waals surface area contributed by atoms with Crippen LogP contribution in [0.5, 0.6) is 11.5 Å². The molecule has 9 aromatic rings. The smallest absolute Gasteiger partial charge is 0.123 e. The van der Waals surface area contributed by atoms with Crippen molar-refractivity contribution in [3.63, 3.8) is 0 Å². The van der Waals surface area contributed by atoms with Gasteiger partial charge in [-0.3, -0.25) is 0 Å². The number of phenols is 2. The van der Waals surface area contributed by atoms with Crippen LogP contribution in [0.3, 0.4) is 0 Å². The molecule has 0 fully saturated rings. The van der Waals surface area contributed by atoms with Gasteiger partial charge in [-0.05, 0) is 99.7 Å². The summed E-state index contributed by atoms with van der Waals surface area (Å²) >= 11 is 0. The molecule has 2 heteroatoms. The SMILES string of the molecule is CC1(C)c2c(ccc3c2C(C)(C)c2c-3c3cccc4ccc5c(O)ccc2c5c43)-c2c1c1ccc(O)c3ccc4cccc2c4c31. The molecule has 0 radical (unpaired) electrons. The minimum absolute atomic E-state index is 0.287. The number of fused-ring (bicyclic) bond motifs is 11. The van der Waals surface area contributed by atoms with E-state index in [9.17, 15) is 10.2 Å². The fourth-order valence-corrected chi connectivity index (χ4v) is 10.2. The van der Waals surface area contributed by atoms with Gasteiger partial charge in [0.25, 0.3) is 0 Å². The van der Waals surface area contributed by atoms with Crippen LogP contribution in [-0.4, -0.2) is 10.2 Å². The monoisotopic (exact) mass is 590 g/mol. The Morgan fingerprint density at radius 1 is 0.370 bits per heavy atom. The first-order valence-corrected chi connectivity index (χ1v) is 16.2. The minimum atomic E-state index is -0.287. The summed E-state index contributed by atoms with van der Waals surface area (Å²) in [6.45, 7) is 9.62. The third-order valence-electron chi connectivity index (χ3n) is 11.8. The van der Waals surface area contributed by atoms with E-state index in [1.807, 2.05) is 12.1 Å². The molecule has 2 aliphatic rings. The van der Waals surface area contributed by atoms with E-state index in [0.29, 0.717) is 11.5 Å². The first-order valence-electron chi connectivity index (χ1n) is 16.2. The summed E-state index contributed by atoms with van der Waals surface area (Å²) < 4.78 is 0. The molecule has 0 atom stereocenters. The van der Waals surface area contributed by atoms with E-state index >= 15 is 0 Å². The van der Waals surface area contributed by atoms with Crippen LogP contribution in [0.4, 0.5) is 0 Å². The first kappa shape index (κ1) is 24.9. The number of aromatic hydroxyl groups is 2. The van der Waals surface area contributed by atoms with Crippen LogP contribution in [0.1, 0.15) is 49.9 Å². The predicted molar refractivity (Wildman–Crippen MR) is 192 cm³/mol. The molecule has 0 heterocycles. The quantitative estimate of drug-likeness (QED) is 0.173. The van der Waals surface area contributed by atoms with E-state index in [1.165, 1.54) is 87.6 Å². The van der Waals surface area contributed by atoms with Gasteiger partial charge >= 0.3 is 0 Å². The summed E-state index contributed by atoms with van der Waals surface area (Å²) in [6.07, 6.45) is 0. The van der Waals surface area contributed by atoms with Gasteiger partial charge < -0.3 is 10.2 Å². The second-order valence-electron chi connectivity index (χ2n) is 14.7. The van der Waals surface area contributed by atoms with Gasteiger partial charge in [0.05, 0.1) is 0 Å². The van der Waals surface area contributed by atoms with Gasteiger partial charge in [-0.1, -0.05) is 113 Å². The molecule has 0 aliphatic heterocycles. The van der Waals surface area contributed by atoms with E-state index in [1.54, 1.807) is 0 Å². The molecule has 0 saturated heterocycles. The van der Waals surface area contributed by atoms with E-state index in [4.69, 9.17) is 0 Å². The second-order valence-corrected chi connectivity index (χ2v) is 14.7. The molecule has 2 nitrogen and oxygen atoms in total. The summed E-state index contributed by atoms with van der Waals surface area (Å²) in [4.78, 5) is 0. The number of hydrogen-bond donors (Lipinski definition) is 2. The lowest BCUT2D eigenvalue weighted by Crippen LogP contribution is -2.24. The maximum Gasteiger partial charge on any atom is 0.123 e. The van der Waals surface area contributed by atoms with Crippen molar-refractivity contribution in [2.75, 3.05) is 0 Å². The van der Waals surface area contributed by atoms with Gasteiger partial charge in [0.2, 0.25) is 0 Å². The summed E-state index contributed by atoms with van der Waals surface area (Å²) in [6, 6.07) is 34.6. The molecule has 11 rings (SSSR count). The normalized spacial score (nSPS) is 15.9. The lowest BCUT2D eigenvalue weighted by molar-refractivity contribution is 0.481. The highest BCUT2D eigenvalue weighted by Crippen LogP contribution is 2.64. The summed E-state index contributed by atoms with van der Waals surface area (Å²) in [7, 11) is 0. The third kappa shape index (κ3) is 2.51. The molecule has 2 aliphatic carbocycles. The Kier molecular flexibility index (Phi) is 4.09. The second kappa shape index (κ2) is 7.54. The largest absolute Gasteiger partial charge is 0.507 e. The van der Waals surface area contributed by atoms with Crippen molar-refractivity contribution >= 4 is 64.6 Å². The maximum absolute atomic E-state index is 11.0. The lowest BCUT2D eigenvalue weighted by Gasteiger charge is -2.32. The molecular weight excluding hydrogens is 560 g/mol. The van der Waals surface area contributed by atoms with Gasteiger partial charge in [0.1, 0.15) is 11.5 Å². The zero-order valence-corrected chi connectivity index (χ0v) is 26.1. The van der Waals surface area contributed by atoms with Crippen LogP contribution >= 0.6 is 0 Å². The lowest BCUT2D eigenvalue weighted by atomic mass is 9.71. The number of hydrogen-bond acceptors (Lipinski definition) is 2. The van der Waals surface area contributed by atoms with Crippen molar-refractivity contribution in [1.82, 2.24) is 0 Å². The highest BCUT2D eigenvalue weighted by Gasteiger charge is 2.48. The number of rotatable bonds is 0. The Morgan fingerprint density at radius 2 is 0.783 bits per heavy atom. The third-order valence-corrected chi connectivity index (χ3v) is 11.8. The van der Waals surface area contributed by atoms with Crippen molar-refractivity contribution < 1.29 is 10.2 Å². The summed E-state index contributed by atoms with van der Waals surface area (Å²) in [5, 5.41) is 36.0. The zero-order valence-electron chi connectivity index (χ0n) is 26.1. The van der Waals surface area contributed by atoms with Crippen molar-refractivity contribution in [3.8, 4) is 33.8 Å². The first-order chi connectivity index (χ1) is 22.2. The van der Waals surface area contributed by atoms with Gasteiger partial charge in [0.15, 0.2) is 0 Å². The predicted octanol–water partition coefficient (Wildman–Crippen LogP) is 11.5.